The summed E-state index contributed by atoms with van der Waals surface area (Å²) in [6, 6.07) is 9.41. The first-order valence-electron chi connectivity index (χ1n) is 6.84. The maximum absolute atomic E-state index is 10.8. The number of nitrogens with one attached hydrogen (secondary N) is 1. The molecule has 0 aliphatic heterocycles. The fourth-order valence-corrected chi connectivity index (χ4v) is 1.94. The summed E-state index contributed by atoms with van der Waals surface area (Å²) < 4.78 is 0. The zero-order valence-electron chi connectivity index (χ0n) is 12.8. The van der Waals surface area contributed by atoms with Crippen LogP contribution in [0.5, 0.6) is 0 Å². The van der Waals surface area contributed by atoms with Gasteiger partial charge in [0.25, 0.3) is 0 Å². The van der Waals surface area contributed by atoms with Crippen molar-refractivity contribution in [1.29, 1.82) is 0 Å². The van der Waals surface area contributed by atoms with Gasteiger partial charge in [-0.3, -0.25) is 4.79 Å². The van der Waals surface area contributed by atoms with Crippen LogP contribution >= 0.6 is 0 Å². The standard InChI is InChI=1S/C9H11NO.C7H15NO/c10-9(7-11)6-8-4-2-1-3-5-8;1-5(2)7(8-4)6(3)9/h1-5,7,9H,6,10H2;5,7-8H,1-4H3. The van der Waals surface area contributed by atoms with E-state index in [-0.39, 0.29) is 17.9 Å². The number of ketones is 1. The average molecular weight is 278 g/mol. The third-order valence-electron chi connectivity index (χ3n) is 2.90. The van der Waals surface area contributed by atoms with Gasteiger partial charge >= 0.3 is 0 Å². The molecule has 0 radical (unpaired) electrons. The molecule has 0 fully saturated rings. The Hall–Kier alpha value is -1.52. The van der Waals surface area contributed by atoms with Gasteiger partial charge in [-0.25, -0.2) is 0 Å². The summed E-state index contributed by atoms with van der Waals surface area (Å²) in [4.78, 5) is 20.9. The number of benzene rings is 1. The molecule has 1 aromatic carbocycles. The van der Waals surface area contributed by atoms with E-state index in [1.54, 1.807) is 6.92 Å². The molecule has 0 spiro atoms. The molecule has 1 aromatic rings. The van der Waals surface area contributed by atoms with Gasteiger partial charge in [-0.1, -0.05) is 44.2 Å². The van der Waals surface area contributed by atoms with E-state index in [0.29, 0.717) is 12.3 Å². The number of likely N-dealkylation sites (N-methyl/N-ethyl adjacent to an activating group) is 1. The Morgan fingerprint density at radius 3 is 2.15 bits per heavy atom. The minimum absolute atomic E-state index is 0.0324. The lowest BCUT2D eigenvalue weighted by Crippen LogP contribution is -2.36. The number of nitrogens with two attached hydrogens (primary N) is 1. The normalized spacial score (nSPS) is 13.1. The number of carbonyl (C=O) groups is 2. The van der Waals surface area contributed by atoms with Crippen LogP contribution in [0.15, 0.2) is 30.3 Å². The van der Waals surface area contributed by atoms with Crippen LogP contribution in [0.4, 0.5) is 0 Å². The minimum atomic E-state index is -0.364. The molecule has 2 unspecified atom stereocenters. The van der Waals surface area contributed by atoms with Gasteiger partial charge in [-0.05, 0) is 31.9 Å². The summed E-state index contributed by atoms with van der Waals surface area (Å²) in [5, 5.41) is 2.95. The number of carbonyl (C=O) groups excluding carboxylic acids is 2. The van der Waals surface area contributed by atoms with Crippen LogP contribution in [0.1, 0.15) is 26.3 Å². The lowest BCUT2D eigenvalue weighted by molar-refractivity contribution is -0.119. The third kappa shape index (κ3) is 7.81. The van der Waals surface area contributed by atoms with Crippen molar-refractivity contribution in [3.63, 3.8) is 0 Å². The number of rotatable bonds is 6. The van der Waals surface area contributed by atoms with Gasteiger partial charge in [-0.2, -0.15) is 0 Å². The molecule has 0 aliphatic carbocycles. The molecule has 20 heavy (non-hydrogen) atoms. The Labute approximate surface area is 121 Å². The van der Waals surface area contributed by atoms with Crippen molar-refractivity contribution in [1.82, 2.24) is 5.32 Å². The highest BCUT2D eigenvalue weighted by Crippen LogP contribution is 2.01. The summed E-state index contributed by atoms with van der Waals surface area (Å²) in [5.41, 5.74) is 6.54. The predicted molar refractivity (Wildman–Crippen MR) is 82.6 cm³/mol. The van der Waals surface area contributed by atoms with Crippen LogP contribution < -0.4 is 11.1 Å². The SMILES string of the molecule is CNC(C(C)=O)C(C)C.NC(C=O)Cc1ccccc1. The van der Waals surface area contributed by atoms with Gasteiger partial charge in [0.2, 0.25) is 0 Å². The highest BCUT2D eigenvalue weighted by Gasteiger charge is 2.14. The maximum atomic E-state index is 10.8. The van der Waals surface area contributed by atoms with E-state index in [1.807, 2.05) is 51.2 Å². The number of Topliss-reactive ketones (excluding diaryl/α,β-unsaturated/α-hetero) is 1. The first kappa shape index (κ1) is 18.5. The van der Waals surface area contributed by atoms with Gasteiger partial charge in [0.1, 0.15) is 12.1 Å². The monoisotopic (exact) mass is 278 g/mol. The van der Waals surface area contributed by atoms with E-state index < -0.39 is 0 Å². The van der Waals surface area contributed by atoms with Crippen molar-refractivity contribution in [3.05, 3.63) is 35.9 Å². The summed E-state index contributed by atoms with van der Waals surface area (Å²) in [7, 11) is 1.81. The molecular formula is C16H26N2O2. The van der Waals surface area contributed by atoms with Crippen LogP contribution in [0, 0.1) is 5.92 Å². The zero-order chi connectivity index (χ0) is 15.5. The second kappa shape index (κ2) is 10.3. The Kier molecular flexibility index (Phi) is 9.51. The Morgan fingerprint density at radius 1 is 1.30 bits per heavy atom. The largest absolute Gasteiger partial charge is 0.321 e. The van der Waals surface area contributed by atoms with Gasteiger partial charge in [0.05, 0.1) is 12.1 Å². The molecular weight excluding hydrogens is 252 g/mol. The van der Waals surface area contributed by atoms with Crippen molar-refractivity contribution >= 4 is 12.1 Å². The Bertz CT molecular complexity index is 391. The van der Waals surface area contributed by atoms with Crippen LogP contribution in [-0.4, -0.2) is 31.2 Å². The summed E-state index contributed by atoms with van der Waals surface area (Å²) in [6.45, 7) is 5.67. The first-order chi connectivity index (χ1) is 9.42. The van der Waals surface area contributed by atoms with Gasteiger partial charge in [-0.15, -0.1) is 0 Å². The highest BCUT2D eigenvalue weighted by atomic mass is 16.1. The van der Waals surface area contributed by atoms with Crippen LogP contribution in [0.25, 0.3) is 0 Å². The van der Waals surface area contributed by atoms with E-state index in [1.165, 1.54) is 0 Å². The van der Waals surface area contributed by atoms with Crippen LogP contribution in [0.3, 0.4) is 0 Å². The summed E-state index contributed by atoms with van der Waals surface area (Å²) in [5.74, 6) is 0.611. The van der Waals surface area contributed by atoms with Crippen LogP contribution in [-0.2, 0) is 16.0 Å². The maximum Gasteiger partial charge on any atom is 0.146 e. The highest BCUT2D eigenvalue weighted by molar-refractivity contribution is 5.81. The molecule has 0 amide bonds. The van der Waals surface area contributed by atoms with E-state index in [0.717, 1.165) is 11.8 Å². The van der Waals surface area contributed by atoms with Gasteiger partial charge in [0.15, 0.2) is 0 Å². The Balaban J connectivity index is 0.000000370. The predicted octanol–water partition coefficient (Wildman–Crippen LogP) is 1.57. The average Bonchev–Trinajstić information content (AvgIpc) is 2.40. The van der Waals surface area contributed by atoms with E-state index in [2.05, 4.69) is 5.32 Å². The molecule has 0 saturated heterocycles. The molecule has 0 aliphatic rings. The van der Waals surface area contributed by atoms with E-state index >= 15 is 0 Å². The van der Waals surface area contributed by atoms with Crippen molar-refractivity contribution in [3.8, 4) is 0 Å². The number of hydrogen-bond acceptors (Lipinski definition) is 4. The lowest BCUT2D eigenvalue weighted by Gasteiger charge is -2.15. The third-order valence-corrected chi connectivity index (χ3v) is 2.90. The van der Waals surface area contributed by atoms with Crippen molar-refractivity contribution in [2.75, 3.05) is 7.05 Å². The fraction of sp³-hybridized carbons (Fsp3) is 0.500. The first-order valence-corrected chi connectivity index (χ1v) is 6.84. The van der Waals surface area contributed by atoms with Gasteiger partial charge < -0.3 is 15.8 Å². The topological polar surface area (TPSA) is 72.2 Å². The molecule has 3 N–H and O–H groups in total. The molecule has 0 bridgehead atoms. The van der Waals surface area contributed by atoms with E-state index in [9.17, 15) is 9.59 Å². The van der Waals surface area contributed by atoms with Crippen molar-refractivity contribution in [2.24, 2.45) is 11.7 Å². The van der Waals surface area contributed by atoms with Crippen molar-refractivity contribution < 1.29 is 9.59 Å². The van der Waals surface area contributed by atoms with E-state index in [4.69, 9.17) is 5.73 Å². The lowest BCUT2D eigenvalue weighted by atomic mass is 10.0. The molecule has 112 valence electrons. The van der Waals surface area contributed by atoms with Gasteiger partial charge in [0, 0.05) is 0 Å². The minimum Gasteiger partial charge on any atom is -0.321 e. The molecule has 0 heterocycles. The quantitative estimate of drug-likeness (QED) is 0.775. The number of hydrogen-bond donors (Lipinski definition) is 2. The second-order valence-electron chi connectivity index (χ2n) is 5.11. The molecule has 2 atom stereocenters. The molecule has 4 heteroatoms. The second-order valence-corrected chi connectivity index (χ2v) is 5.11. The van der Waals surface area contributed by atoms with Crippen LogP contribution in [0.2, 0.25) is 0 Å². The number of aldehydes is 1. The Morgan fingerprint density at radius 2 is 1.85 bits per heavy atom. The summed E-state index contributed by atoms with van der Waals surface area (Å²) >= 11 is 0. The molecule has 1 rings (SSSR count). The zero-order valence-corrected chi connectivity index (χ0v) is 12.8. The summed E-state index contributed by atoms with van der Waals surface area (Å²) in [6.07, 6.45) is 1.40. The fourth-order valence-electron chi connectivity index (χ4n) is 1.94. The molecule has 0 aromatic heterocycles. The smallest absolute Gasteiger partial charge is 0.146 e. The molecule has 4 nitrogen and oxygen atoms in total. The molecule has 0 saturated carbocycles. The van der Waals surface area contributed by atoms with Crippen molar-refractivity contribution in [2.45, 2.75) is 39.3 Å².